The number of halogens is 1. The molecule has 4 aliphatic rings. The van der Waals surface area contributed by atoms with Crippen LogP contribution in [0.1, 0.15) is 58.8 Å². The third kappa shape index (κ3) is 3.94. The average molecular weight is 518 g/mol. The molecule has 0 spiro atoms. The number of phenols is 1. The van der Waals surface area contributed by atoms with Crippen molar-refractivity contribution in [3.63, 3.8) is 0 Å². The number of anilines is 1. The van der Waals surface area contributed by atoms with Crippen molar-refractivity contribution in [3.8, 4) is 39.9 Å². The lowest BCUT2D eigenvalue weighted by Crippen LogP contribution is -2.58. The van der Waals surface area contributed by atoms with Gasteiger partial charge in [-0.1, -0.05) is 26.3 Å². The molecule has 4 atom stereocenters. The molecule has 1 aromatic carbocycles. The lowest BCUT2D eigenvalue weighted by atomic mass is 9.54. The molecule has 2 aromatic heterocycles. The van der Waals surface area contributed by atoms with Crippen molar-refractivity contribution in [2.45, 2.75) is 77.0 Å². The van der Waals surface area contributed by atoms with Crippen molar-refractivity contribution in [3.05, 3.63) is 36.7 Å². The Morgan fingerprint density at radius 2 is 1.89 bits per heavy atom. The number of aromatic nitrogens is 4. The number of nitrogens with zero attached hydrogens (tertiary/aromatic N) is 5. The molecular formula is C29H32FN5O3. The van der Waals surface area contributed by atoms with Crippen molar-refractivity contribution in [2.24, 2.45) is 10.8 Å². The van der Waals surface area contributed by atoms with E-state index in [0.29, 0.717) is 28.8 Å². The second-order valence-corrected chi connectivity index (χ2v) is 12.1. The molecule has 1 aliphatic heterocycles. The van der Waals surface area contributed by atoms with Gasteiger partial charge in [-0.25, -0.2) is 14.4 Å². The number of ether oxygens (including phenoxy) is 2. The Bertz CT molecular complexity index is 1380. The summed E-state index contributed by atoms with van der Waals surface area (Å²) in [5, 5.41) is 19.7. The SMILES string of the molecule is C[C@]12CCC[C@](C)(C1)[C@H](F)[C@H](N(c1cnc(-c3ccc(-c4cnc5c(c4)OCO5)cc3O)nn1)C1CC1)C2. The number of rotatable bonds is 5. The van der Waals surface area contributed by atoms with Gasteiger partial charge >= 0.3 is 0 Å². The normalized spacial score (nSPS) is 29.8. The molecule has 9 heteroatoms. The molecular weight excluding hydrogens is 485 g/mol. The molecule has 0 amide bonds. The number of hydrogen-bond donors (Lipinski definition) is 1. The van der Waals surface area contributed by atoms with Gasteiger partial charge in [-0.15, -0.1) is 10.2 Å². The number of hydrogen-bond acceptors (Lipinski definition) is 8. The Morgan fingerprint density at radius 3 is 2.66 bits per heavy atom. The standard InChI is InChI=1S/C29H32FN5O3/c1-28-8-3-9-29(2,15-28)25(30)21(12-28)35(19-5-6-19)24-14-31-26(34-33-24)20-7-4-17(10-22(20)36)18-11-23-27(32-13-18)38-16-37-23/h4,7,10-11,13-14,19,21,25,36H,3,5-6,8-9,12,15-16H2,1-2H3/t21-,25-,28-,29-/m1/s1. The van der Waals surface area contributed by atoms with Crippen LogP contribution in [0.25, 0.3) is 22.5 Å². The van der Waals surface area contributed by atoms with Crippen LogP contribution < -0.4 is 14.4 Å². The van der Waals surface area contributed by atoms with Gasteiger partial charge in [-0.05, 0) is 67.7 Å². The van der Waals surface area contributed by atoms with Crippen molar-refractivity contribution < 1.29 is 19.0 Å². The smallest absolute Gasteiger partial charge is 0.260 e. The number of fused-ring (bicyclic) bond motifs is 3. The van der Waals surface area contributed by atoms with E-state index in [1.54, 1.807) is 24.5 Å². The highest BCUT2D eigenvalue weighted by Gasteiger charge is 2.56. The van der Waals surface area contributed by atoms with Gasteiger partial charge in [0.15, 0.2) is 17.4 Å². The first-order valence-corrected chi connectivity index (χ1v) is 13.5. The van der Waals surface area contributed by atoms with Gasteiger partial charge in [0, 0.05) is 23.2 Å². The number of phenolic OH excluding ortho intramolecular Hbond substituents is 1. The maximum atomic E-state index is 16.1. The van der Waals surface area contributed by atoms with Crippen molar-refractivity contribution in [1.82, 2.24) is 20.2 Å². The van der Waals surface area contributed by atoms with Gasteiger partial charge < -0.3 is 19.5 Å². The van der Waals surface area contributed by atoms with E-state index in [0.717, 1.165) is 56.1 Å². The van der Waals surface area contributed by atoms with Crippen LogP contribution in [0.4, 0.5) is 10.2 Å². The van der Waals surface area contributed by atoms with E-state index < -0.39 is 6.17 Å². The summed E-state index contributed by atoms with van der Waals surface area (Å²) in [5.41, 5.74) is 1.93. The molecule has 3 heterocycles. The largest absolute Gasteiger partial charge is 0.507 e. The summed E-state index contributed by atoms with van der Waals surface area (Å²) in [7, 11) is 0. The van der Waals surface area contributed by atoms with Crippen molar-refractivity contribution >= 4 is 5.82 Å². The zero-order chi connectivity index (χ0) is 26.1. The highest BCUT2D eigenvalue weighted by molar-refractivity contribution is 5.73. The summed E-state index contributed by atoms with van der Waals surface area (Å²) in [4.78, 5) is 11.0. The van der Waals surface area contributed by atoms with Crippen LogP contribution in [0.5, 0.6) is 17.4 Å². The van der Waals surface area contributed by atoms with Crippen LogP contribution >= 0.6 is 0 Å². The third-order valence-corrected chi connectivity index (χ3v) is 8.98. The zero-order valence-corrected chi connectivity index (χ0v) is 21.7. The number of pyridine rings is 1. The molecule has 0 radical (unpaired) electrons. The first-order chi connectivity index (χ1) is 18.3. The fourth-order valence-corrected chi connectivity index (χ4v) is 7.13. The second kappa shape index (κ2) is 8.51. The van der Waals surface area contributed by atoms with E-state index in [2.05, 4.69) is 38.9 Å². The van der Waals surface area contributed by atoms with E-state index in [9.17, 15) is 5.11 Å². The van der Waals surface area contributed by atoms with Gasteiger partial charge in [0.05, 0.1) is 17.8 Å². The molecule has 3 saturated carbocycles. The Morgan fingerprint density at radius 1 is 1.03 bits per heavy atom. The maximum absolute atomic E-state index is 16.1. The molecule has 0 saturated heterocycles. The van der Waals surface area contributed by atoms with E-state index >= 15 is 4.39 Å². The fourth-order valence-electron chi connectivity index (χ4n) is 7.13. The first-order valence-electron chi connectivity index (χ1n) is 13.5. The fraction of sp³-hybridized carbons (Fsp3) is 0.517. The van der Waals surface area contributed by atoms with Crippen LogP contribution in [-0.2, 0) is 0 Å². The van der Waals surface area contributed by atoms with E-state index in [-0.39, 0.29) is 35.5 Å². The quantitative estimate of drug-likeness (QED) is 0.461. The van der Waals surface area contributed by atoms with E-state index in [1.807, 2.05) is 12.1 Å². The Balaban J connectivity index is 1.16. The lowest BCUT2D eigenvalue weighted by Gasteiger charge is -2.56. The monoisotopic (exact) mass is 517 g/mol. The van der Waals surface area contributed by atoms with Crippen LogP contribution in [0.15, 0.2) is 36.7 Å². The molecule has 8 nitrogen and oxygen atoms in total. The molecule has 0 unspecified atom stereocenters. The second-order valence-electron chi connectivity index (χ2n) is 12.1. The predicted octanol–water partition coefficient (Wildman–Crippen LogP) is 5.70. The molecule has 3 fully saturated rings. The molecule has 1 N–H and O–H groups in total. The maximum Gasteiger partial charge on any atom is 0.260 e. The number of benzene rings is 1. The first kappa shape index (κ1) is 23.6. The van der Waals surface area contributed by atoms with Gasteiger partial charge in [0.25, 0.3) is 5.88 Å². The van der Waals surface area contributed by atoms with Gasteiger partial charge in [-0.3, -0.25) is 0 Å². The van der Waals surface area contributed by atoms with Crippen LogP contribution in [-0.4, -0.2) is 50.3 Å². The van der Waals surface area contributed by atoms with Gasteiger partial charge in [0.1, 0.15) is 11.9 Å². The van der Waals surface area contributed by atoms with Gasteiger partial charge in [0.2, 0.25) is 6.79 Å². The Hall–Kier alpha value is -3.49. The summed E-state index contributed by atoms with van der Waals surface area (Å²) >= 11 is 0. The van der Waals surface area contributed by atoms with Crippen molar-refractivity contribution in [1.29, 1.82) is 0 Å². The molecule has 2 bridgehead atoms. The minimum Gasteiger partial charge on any atom is -0.507 e. The van der Waals surface area contributed by atoms with Crippen LogP contribution in [0.2, 0.25) is 0 Å². The average Bonchev–Trinajstić information content (AvgIpc) is 3.62. The summed E-state index contributed by atoms with van der Waals surface area (Å²) in [6.45, 7) is 4.61. The number of alkyl halides is 1. The predicted molar refractivity (Wildman–Crippen MR) is 140 cm³/mol. The Labute approximate surface area is 221 Å². The zero-order valence-electron chi connectivity index (χ0n) is 21.7. The lowest BCUT2D eigenvalue weighted by molar-refractivity contribution is -0.0554. The van der Waals surface area contributed by atoms with Crippen LogP contribution in [0.3, 0.4) is 0 Å². The molecule has 3 aromatic rings. The molecule has 3 aliphatic carbocycles. The van der Waals surface area contributed by atoms with Gasteiger partial charge in [-0.2, -0.15) is 0 Å². The summed E-state index contributed by atoms with van der Waals surface area (Å²) < 4.78 is 26.8. The molecule has 7 rings (SSSR count). The van der Waals surface area contributed by atoms with E-state index in [4.69, 9.17) is 9.47 Å². The number of aromatic hydroxyl groups is 1. The molecule has 38 heavy (non-hydrogen) atoms. The Kier molecular flexibility index (Phi) is 5.29. The van der Waals surface area contributed by atoms with Crippen LogP contribution in [0, 0.1) is 10.8 Å². The summed E-state index contributed by atoms with van der Waals surface area (Å²) in [6.07, 6.45) is 9.54. The summed E-state index contributed by atoms with van der Waals surface area (Å²) in [6, 6.07) is 7.20. The topological polar surface area (TPSA) is 93.5 Å². The van der Waals surface area contributed by atoms with E-state index in [1.165, 1.54) is 0 Å². The highest BCUT2D eigenvalue weighted by Crippen LogP contribution is 2.58. The minimum absolute atomic E-state index is 0.0403. The molecule has 198 valence electrons. The highest BCUT2D eigenvalue weighted by atomic mass is 19.1. The third-order valence-electron chi connectivity index (χ3n) is 8.98. The summed E-state index contributed by atoms with van der Waals surface area (Å²) in [5.74, 6) is 2.04. The van der Waals surface area contributed by atoms with Crippen molar-refractivity contribution in [2.75, 3.05) is 11.7 Å². The minimum atomic E-state index is -0.903.